The Balaban J connectivity index is 2.32. The van der Waals surface area contributed by atoms with Crippen molar-refractivity contribution in [2.45, 2.75) is 0 Å². The normalized spacial score (nSPS) is 17.2. The fraction of sp³-hybridized carbons (Fsp3) is 0. The van der Waals surface area contributed by atoms with E-state index in [1.165, 1.54) is 19.8 Å². The molecule has 0 unspecified atom stereocenters. The number of rotatable bonds is 0. The van der Waals surface area contributed by atoms with Crippen molar-refractivity contribution in [2.75, 3.05) is 0 Å². The van der Waals surface area contributed by atoms with Crippen molar-refractivity contribution in [1.29, 1.82) is 0 Å². The van der Waals surface area contributed by atoms with Crippen molar-refractivity contribution in [3.63, 3.8) is 0 Å². The molecule has 26 valence electrons. The molecule has 0 aromatic carbocycles. The van der Waals surface area contributed by atoms with Gasteiger partial charge in [-0.05, 0) is 0 Å². The van der Waals surface area contributed by atoms with E-state index in [0.717, 1.165) is 0 Å². The van der Waals surface area contributed by atoms with Gasteiger partial charge in [-0.1, -0.05) is 6.37 Å². The molecule has 0 bridgehead atoms. The molecule has 0 aliphatic carbocycles. The number of hydrogen-bond acceptors (Lipinski definition) is 0. The van der Waals surface area contributed by atoms with E-state index in [4.69, 9.17) is 11.2 Å². The summed E-state index contributed by atoms with van der Waals surface area (Å²) in [6.45, 7) is 0. The molecule has 0 saturated carbocycles. The van der Waals surface area contributed by atoms with Crippen molar-refractivity contribution < 1.29 is 0 Å². The average molecular weight is 129 g/mol. The lowest BCUT2D eigenvalue weighted by Gasteiger charge is -1.77. The highest BCUT2D eigenvalue weighted by atomic mass is 35.7. The van der Waals surface area contributed by atoms with Gasteiger partial charge >= 0.3 is 0 Å². The molecule has 0 fully saturated rings. The Hall–Kier alpha value is 1.15. The van der Waals surface area contributed by atoms with Gasteiger partial charge in [0.05, 0.1) is 0 Å². The number of hydrogen-bond donors (Lipinski definition) is 0. The minimum absolute atomic E-state index is 0.130. The largest absolute Gasteiger partial charge is 0.108 e. The topological polar surface area (TPSA) is 0 Å². The highest BCUT2D eigenvalue weighted by Gasteiger charge is 1.70. The van der Waals surface area contributed by atoms with E-state index < -0.39 is 0 Å². The summed E-state index contributed by atoms with van der Waals surface area (Å²) >= 11 is 5.46. The molecular weight excluding hydrogens is 123 g/mol. The van der Waals surface area contributed by atoms with E-state index in [1.54, 1.807) is 0 Å². The summed E-state index contributed by atoms with van der Waals surface area (Å²) in [5, 5.41) is 0. The predicted octanol–water partition coefficient (Wildman–Crippen LogP) is -0.817. The smallest absolute Gasteiger partial charge is 0.0457 e. The Labute approximate surface area is 38.0 Å². The van der Waals surface area contributed by atoms with Gasteiger partial charge in [-0.3, -0.25) is 0 Å². The molecule has 0 rings (SSSR count). The maximum Gasteiger partial charge on any atom is 0.0457 e. The van der Waals surface area contributed by atoms with Crippen molar-refractivity contribution in [3.8, 4) is 0 Å². The zero-order valence-corrected chi connectivity index (χ0v) is 8.48. The molecular formula is H6ClPSi2. The zero-order valence-electron chi connectivity index (χ0n) is 2.83. The quantitative estimate of drug-likeness (QED) is 0.296. The molecule has 0 aliphatic rings. The Morgan fingerprint density at radius 3 is 1.50 bits per heavy atom. The molecule has 0 radical (unpaired) electrons. The van der Waals surface area contributed by atoms with Crippen LogP contribution in [0.3, 0.4) is 0 Å². The van der Waals surface area contributed by atoms with Crippen LogP contribution in [0.4, 0.5) is 0 Å². The first kappa shape index (κ1) is 5.15. The van der Waals surface area contributed by atoms with Crippen LogP contribution in [0.2, 0.25) is 0 Å². The lowest BCUT2D eigenvalue weighted by Crippen LogP contribution is -1.46. The van der Waals surface area contributed by atoms with Crippen LogP contribution < -0.4 is 0 Å². The second-order valence-electron chi connectivity index (χ2n) is 0.785. The van der Waals surface area contributed by atoms with Crippen LogP contribution in [-0.4, -0.2) is 19.8 Å². The van der Waals surface area contributed by atoms with E-state index in [0.29, 0.717) is 0 Å². The molecule has 0 aromatic heterocycles. The summed E-state index contributed by atoms with van der Waals surface area (Å²) in [5.41, 5.74) is 0. The zero-order chi connectivity index (χ0) is 3.58. The molecule has 4 heavy (non-hydrogen) atoms. The van der Waals surface area contributed by atoms with Crippen LogP contribution in [0.5, 0.6) is 0 Å². The number of halogens is 1. The van der Waals surface area contributed by atoms with Gasteiger partial charge in [0.15, 0.2) is 0 Å². The summed E-state index contributed by atoms with van der Waals surface area (Å²) in [5.74, 6) is 0. The molecule has 0 aliphatic heterocycles. The van der Waals surface area contributed by atoms with Gasteiger partial charge in [-0.25, -0.2) is 0 Å². The molecule has 0 aromatic rings. The van der Waals surface area contributed by atoms with Crippen molar-refractivity contribution in [3.05, 3.63) is 0 Å². The van der Waals surface area contributed by atoms with Crippen LogP contribution >= 0.6 is 17.6 Å². The molecule has 0 amide bonds. The Bertz CT molecular complexity index is 10.8. The van der Waals surface area contributed by atoms with Crippen LogP contribution in [-0.2, 0) is 0 Å². The lowest BCUT2D eigenvalue weighted by atomic mass is 27.5. The SMILES string of the molecule is [SiH3]P([SiH3])Cl. The van der Waals surface area contributed by atoms with Gasteiger partial charge in [0, 0.05) is 19.8 Å². The van der Waals surface area contributed by atoms with E-state index in [1.807, 2.05) is 0 Å². The first-order valence-electron chi connectivity index (χ1n) is 1.06. The van der Waals surface area contributed by atoms with E-state index in [2.05, 4.69) is 0 Å². The Morgan fingerprint density at radius 1 is 1.50 bits per heavy atom. The summed E-state index contributed by atoms with van der Waals surface area (Å²) < 4.78 is 0. The monoisotopic (exact) mass is 128 g/mol. The highest BCUT2D eigenvalue weighted by molar-refractivity contribution is 8.18. The minimum Gasteiger partial charge on any atom is -0.108 e. The van der Waals surface area contributed by atoms with Gasteiger partial charge in [-0.15, -0.1) is 11.2 Å². The lowest BCUT2D eigenvalue weighted by molar-refractivity contribution is 4.53. The summed E-state index contributed by atoms with van der Waals surface area (Å²) in [4.78, 5) is 0. The van der Waals surface area contributed by atoms with Crippen LogP contribution in [0.25, 0.3) is 0 Å². The van der Waals surface area contributed by atoms with Gasteiger partial charge in [0.2, 0.25) is 0 Å². The minimum atomic E-state index is 0.130. The third-order valence-corrected chi connectivity index (χ3v) is 0. The molecule has 0 heterocycles. The van der Waals surface area contributed by atoms with E-state index in [-0.39, 0.29) is 6.37 Å². The fourth-order valence-electron chi connectivity index (χ4n) is 0. The summed E-state index contributed by atoms with van der Waals surface area (Å²) in [6.07, 6.45) is 0.130. The van der Waals surface area contributed by atoms with Crippen LogP contribution in [0.15, 0.2) is 0 Å². The van der Waals surface area contributed by atoms with Crippen LogP contribution in [0.1, 0.15) is 0 Å². The third-order valence-electron chi connectivity index (χ3n) is 0. The molecule has 0 N–H and O–H groups in total. The Kier molecular flexibility index (Phi) is 3.09. The average Bonchev–Trinajstić information content (AvgIpc) is 0.811. The Morgan fingerprint density at radius 2 is 1.50 bits per heavy atom. The van der Waals surface area contributed by atoms with Crippen molar-refractivity contribution in [1.82, 2.24) is 0 Å². The van der Waals surface area contributed by atoms with Gasteiger partial charge in [-0.2, -0.15) is 0 Å². The van der Waals surface area contributed by atoms with Gasteiger partial charge in [0.25, 0.3) is 0 Å². The fourth-order valence-corrected chi connectivity index (χ4v) is 0. The molecule has 0 nitrogen and oxygen atoms in total. The second kappa shape index (κ2) is 2.39. The predicted molar refractivity (Wildman–Crippen MR) is 32.7 cm³/mol. The van der Waals surface area contributed by atoms with Crippen LogP contribution in [0, 0.1) is 0 Å². The van der Waals surface area contributed by atoms with E-state index in [9.17, 15) is 0 Å². The first-order chi connectivity index (χ1) is 1.73. The van der Waals surface area contributed by atoms with Gasteiger partial charge < -0.3 is 0 Å². The third kappa shape index (κ3) is 11.0. The van der Waals surface area contributed by atoms with Crippen molar-refractivity contribution >= 4 is 37.4 Å². The van der Waals surface area contributed by atoms with Crippen molar-refractivity contribution in [2.24, 2.45) is 0 Å². The molecule has 0 saturated heterocycles. The molecule has 0 spiro atoms. The summed E-state index contributed by atoms with van der Waals surface area (Å²) in [7, 11) is 2.48. The van der Waals surface area contributed by atoms with E-state index >= 15 is 0 Å². The second-order valence-corrected chi connectivity index (χ2v) is 21.2. The highest BCUT2D eigenvalue weighted by Crippen LogP contribution is 2.26. The maximum absolute atomic E-state index is 5.46. The first-order valence-corrected chi connectivity index (χ1v) is 9.57. The standard InChI is InChI=1S/ClH6PSi2/c1-2(3)4/h3-4H3. The molecule has 0 atom stereocenters. The summed E-state index contributed by atoms with van der Waals surface area (Å²) in [6, 6.07) is 0. The maximum atomic E-state index is 5.46. The van der Waals surface area contributed by atoms with Gasteiger partial charge in [0.1, 0.15) is 0 Å². The molecule has 4 heteroatoms.